The smallest absolute Gasteiger partial charge is 0.128 e. The van der Waals surface area contributed by atoms with Crippen LogP contribution in [-0.4, -0.2) is 31.8 Å². The van der Waals surface area contributed by atoms with Crippen molar-refractivity contribution >= 4 is 5.82 Å². The summed E-state index contributed by atoms with van der Waals surface area (Å²) < 4.78 is 5.06. The second-order valence-electron chi connectivity index (χ2n) is 3.26. The molecule has 0 atom stereocenters. The Labute approximate surface area is 91.1 Å². The van der Waals surface area contributed by atoms with Crippen molar-refractivity contribution in [2.45, 2.75) is 13.5 Å². The fourth-order valence-electron chi connectivity index (χ4n) is 1.39. The van der Waals surface area contributed by atoms with Gasteiger partial charge in [-0.25, -0.2) is 4.98 Å². The first kappa shape index (κ1) is 11.9. The molecule has 84 valence electrons. The van der Waals surface area contributed by atoms with Crippen molar-refractivity contribution in [1.29, 1.82) is 0 Å². The number of anilines is 1. The Hall–Kier alpha value is -1.13. The maximum atomic E-state index is 5.55. The number of hydrogen-bond donors (Lipinski definition) is 1. The Morgan fingerprint density at radius 1 is 1.47 bits per heavy atom. The lowest BCUT2D eigenvalue weighted by atomic mass is 10.3. The van der Waals surface area contributed by atoms with E-state index in [1.165, 1.54) is 0 Å². The van der Waals surface area contributed by atoms with Gasteiger partial charge in [0.1, 0.15) is 5.82 Å². The van der Waals surface area contributed by atoms with E-state index < -0.39 is 0 Å². The molecule has 0 saturated heterocycles. The minimum absolute atomic E-state index is 0.482. The van der Waals surface area contributed by atoms with E-state index in [2.05, 4.69) is 16.8 Å². The van der Waals surface area contributed by atoms with Gasteiger partial charge in [-0.3, -0.25) is 0 Å². The molecule has 0 unspecified atom stereocenters. The summed E-state index contributed by atoms with van der Waals surface area (Å²) >= 11 is 0. The third-order valence-corrected chi connectivity index (χ3v) is 2.27. The van der Waals surface area contributed by atoms with Gasteiger partial charge in [0.05, 0.1) is 12.3 Å². The molecule has 0 amide bonds. The highest BCUT2D eigenvalue weighted by Crippen LogP contribution is 2.10. The van der Waals surface area contributed by atoms with Crippen molar-refractivity contribution in [3.63, 3.8) is 0 Å². The summed E-state index contributed by atoms with van der Waals surface area (Å²) in [6, 6.07) is 5.92. The largest absolute Gasteiger partial charge is 0.383 e. The highest BCUT2D eigenvalue weighted by atomic mass is 16.5. The van der Waals surface area contributed by atoms with Gasteiger partial charge < -0.3 is 15.4 Å². The van der Waals surface area contributed by atoms with Gasteiger partial charge in [0.2, 0.25) is 0 Å². The third kappa shape index (κ3) is 3.49. The Morgan fingerprint density at radius 2 is 2.27 bits per heavy atom. The van der Waals surface area contributed by atoms with E-state index >= 15 is 0 Å². The predicted octanol–water partition coefficient (Wildman–Crippen LogP) is 1.01. The molecule has 1 aromatic heterocycles. The molecule has 1 rings (SSSR count). The Bertz CT molecular complexity index is 291. The van der Waals surface area contributed by atoms with Gasteiger partial charge in [-0.1, -0.05) is 6.07 Å². The van der Waals surface area contributed by atoms with Crippen LogP contribution in [-0.2, 0) is 11.3 Å². The van der Waals surface area contributed by atoms with E-state index in [4.69, 9.17) is 10.5 Å². The summed E-state index contributed by atoms with van der Waals surface area (Å²) in [5, 5.41) is 0. The molecular formula is C11H19N3O. The molecular weight excluding hydrogens is 190 g/mol. The fraction of sp³-hybridized carbons (Fsp3) is 0.545. The minimum atomic E-state index is 0.482. The van der Waals surface area contributed by atoms with Crippen LogP contribution >= 0.6 is 0 Å². The van der Waals surface area contributed by atoms with Gasteiger partial charge in [0.15, 0.2) is 0 Å². The minimum Gasteiger partial charge on any atom is -0.383 e. The number of aromatic nitrogens is 1. The van der Waals surface area contributed by atoms with Crippen molar-refractivity contribution in [3.8, 4) is 0 Å². The van der Waals surface area contributed by atoms with Crippen LogP contribution in [0.5, 0.6) is 0 Å². The van der Waals surface area contributed by atoms with Crippen LogP contribution in [0, 0.1) is 0 Å². The zero-order chi connectivity index (χ0) is 11.1. The van der Waals surface area contributed by atoms with Crippen molar-refractivity contribution in [1.82, 2.24) is 4.98 Å². The number of nitrogens with zero attached hydrogens (tertiary/aromatic N) is 2. The van der Waals surface area contributed by atoms with Gasteiger partial charge in [0, 0.05) is 26.7 Å². The molecule has 0 fully saturated rings. The first-order chi connectivity index (χ1) is 7.31. The van der Waals surface area contributed by atoms with E-state index in [0.29, 0.717) is 13.2 Å². The number of likely N-dealkylation sites (N-methyl/N-ethyl adjacent to an activating group) is 1. The summed E-state index contributed by atoms with van der Waals surface area (Å²) in [6.07, 6.45) is 0. The quantitative estimate of drug-likeness (QED) is 0.759. The molecule has 0 spiro atoms. The van der Waals surface area contributed by atoms with E-state index in [1.807, 2.05) is 18.2 Å². The topological polar surface area (TPSA) is 51.4 Å². The van der Waals surface area contributed by atoms with Crippen molar-refractivity contribution in [2.24, 2.45) is 5.73 Å². The summed E-state index contributed by atoms with van der Waals surface area (Å²) in [4.78, 5) is 6.63. The third-order valence-electron chi connectivity index (χ3n) is 2.27. The van der Waals surface area contributed by atoms with Crippen LogP contribution in [0.15, 0.2) is 18.2 Å². The molecule has 4 nitrogen and oxygen atoms in total. The molecule has 15 heavy (non-hydrogen) atoms. The van der Waals surface area contributed by atoms with Crippen LogP contribution in [0.4, 0.5) is 5.82 Å². The Kier molecular flexibility index (Phi) is 5.07. The Balaban J connectivity index is 2.72. The monoisotopic (exact) mass is 209 g/mol. The first-order valence-corrected chi connectivity index (χ1v) is 5.21. The molecule has 0 aromatic carbocycles. The molecule has 0 aliphatic carbocycles. The standard InChI is InChI=1S/C11H19N3O/c1-3-14(7-8-15-2)11-6-4-5-10(9-12)13-11/h4-6H,3,7-9,12H2,1-2H3. The van der Waals surface area contributed by atoms with Crippen molar-refractivity contribution in [2.75, 3.05) is 31.7 Å². The maximum absolute atomic E-state index is 5.55. The number of methoxy groups -OCH3 is 1. The van der Waals surface area contributed by atoms with Crippen LogP contribution in [0.25, 0.3) is 0 Å². The zero-order valence-corrected chi connectivity index (χ0v) is 9.44. The van der Waals surface area contributed by atoms with E-state index in [0.717, 1.165) is 24.6 Å². The fourth-order valence-corrected chi connectivity index (χ4v) is 1.39. The average molecular weight is 209 g/mol. The van der Waals surface area contributed by atoms with Crippen LogP contribution in [0.2, 0.25) is 0 Å². The van der Waals surface area contributed by atoms with Gasteiger partial charge in [-0.05, 0) is 19.1 Å². The highest BCUT2D eigenvalue weighted by molar-refractivity contribution is 5.38. The molecule has 2 N–H and O–H groups in total. The molecule has 0 saturated carbocycles. The predicted molar refractivity (Wildman–Crippen MR) is 61.9 cm³/mol. The maximum Gasteiger partial charge on any atom is 0.128 e. The van der Waals surface area contributed by atoms with Crippen LogP contribution < -0.4 is 10.6 Å². The highest BCUT2D eigenvalue weighted by Gasteiger charge is 2.05. The number of hydrogen-bond acceptors (Lipinski definition) is 4. The normalized spacial score (nSPS) is 10.3. The Morgan fingerprint density at radius 3 is 2.87 bits per heavy atom. The molecule has 0 aliphatic rings. The summed E-state index contributed by atoms with van der Waals surface area (Å²) in [6.45, 7) is 5.07. The molecule has 0 aliphatic heterocycles. The summed E-state index contributed by atoms with van der Waals surface area (Å²) in [5.74, 6) is 0.970. The number of ether oxygens (including phenoxy) is 1. The van der Waals surface area contributed by atoms with E-state index in [9.17, 15) is 0 Å². The van der Waals surface area contributed by atoms with Crippen LogP contribution in [0.1, 0.15) is 12.6 Å². The zero-order valence-electron chi connectivity index (χ0n) is 9.44. The second kappa shape index (κ2) is 6.37. The number of nitrogens with two attached hydrogens (primary N) is 1. The molecule has 1 aromatic rings. The van der Waals surface area contributed by atoms with Crippen molar-refractivity contribution in [3.05, 3.63) is 23.9 Å². The molecule has 0 radical (unpaired) electrons. The number of pyridine rings is 1. The van der Waals surface area contributed by atoms with Crippen molar-refractivity contribution < 1.29 is 4.74 Å². The van der Waals surface area contributed by atoms with Gasteiger partial charge in [0.25, 0.3) is 0 Å². The molecule has 0 bridgehead atoms. The lowest BCUT2D eigenvalue weighted by Gasteiger charge is -2.21. The molecule has 1 heterocycles. The first-order valence-electron chi connectivity index (χ1n) is 5.21. The SMILES string of the molecule is CCN(CCOC)c1cccc(CN)n1. The lowest BCUT2D eigenvalue weighted by molar-refractivity contribution is 0.205. The lowest BCUT2D eigenvalue weighted by Crippen LogP contribution is -2.27. The van der Waals surface area contributed by atoms with Gasteiger partial charge in [-0.15, -0.1) is 0 Å². The van der Waals surface area contributed by atoms with Crippen LogP contribution in [0.3, 0.4) is 0 Å². The second-order valence-corrected chi connectivity index (χ2v) is 3.26. The van der Waals surface area contributed by atoms with E-state index in [1.54, 1.807) is 7.11 Å². The summed E-state index contributed by atoms with van der Waals surface area (Å²) in [5.41, 5.74) is 6.47. The summed E-state index contributed by atoms with van der Waals surface area (Å²) in [7, 11) is 1.71. The average Bonchev–Trinajstić information content (AvgIpc) is 2.30. The van der Waals surface area contributed by atoms with Gasteiger partial charge in [-0.2, -0.15) is 0 Å². The van der Waals surface area contributed by atoms with E-state index in [-0.39, 0.29) is 0 Å². The van der Waals surface area contributed by atoms with Gasteiger partial charge >= 0.3 is 0 Å². The number of rotatable bonds is 6. The molecule has 4 heteroatoms.